The molecule has 0 unspecified atom stereocenters. The molecule has 0 bridgehead atoms. The third-order valence-corrected chi connectivity index (χ3v) is 3.90. The van der Waals surface area contributed by atoms with Gasteiger partial charge in [0.15, 0.2) is 6.61 Å². The molecule has 0 fully saturated rings. The number of esters is 1. The Morgan fingerprint density at radius 1 is 1.08 bits per heavy atom. The summed E-state index contributed by atoms with van der Waals surface area (Å²) < 4.78 is 4.84. The Balaban J connectivity index is 1.74. The normalized spacial score (nSPS) is 10.1. The summed E-state index contributed by atoms with van der Waals surface area (Å²) in [5, 5.41) is 5.55. The van der Waals surface area contributed by atoms with E-state index in [9.17, 15) is 14.4 Å². The smallest absolute Gasteiger partial charge is 0.325 e. The van der Waals surface area contributed by atoms with Gasteiger partial charge in [-0.05, 0) is 43.7 Å². The van der Waals surface area contributed by atoms with Crippen molar-refractivity contribution in [2.24, 2.45) is 0 Å². The quantitative estimate of drug-likeness (QED) is 0.761. The molecule has 2 aromatic carbocycles. The van der Waals surface area contributed by atoms with Gasteiger partial charge < -0.3 is 15.4 Å². The van der Waals surface area contributed by atoms with Gasteiger partial charge in [-0.2, -0.15) is 0 Å². The summed E-state index contributed by atoms with van der Waals surface area (Å²) in [7, 11) is 0. The summed E-state index contributed by atoms with van der Waals surface area (Å²) in [6.07, 6.45) is 0. The first-order valence-electron chi connectivity index (χ1n) is 7.91. The summed E-state index contributed by atoms with van der Waals surface area (Å²) in [5.41, 5.74) is 2.79. The lowest BCUT2D eigenvalue weighted by Gasteiger charge is -2.08. The highest BCUT2D eigenvalue weighted by Crippen LogP contribution is 2.19. The zero-order chi connectivity index (χ0) is 19.1. The molecule has 0 saturated carbocycles. The number of carbonyl (C=O) groups is 3. The van der Waals surface area contributed by atoms with Gasteiger partial charge in [0.05, 0.1) is 0 Å². The Morgan fingerprint density at radius 3 is 2.54 bits per heavy atom. The summed E-state index contributed by atoms with van der Waals surface area (Å²) in [5.74, 6) is -1.59. The van der Waals surface area contributed by atoms with Crippen LogP contribution in [0.1, 0.15) is 21.5 Å². The highest BCUT2D eigenvalue weighted by Gasteiger charge is 2.11. The standard InChI is InChI=1S/C19H19ClN2O4/c1-12-4-3-5-14(8-12)19(25)21-10-18(24)26-11-17(23)22-15-7-6-13(2)16(20)9-15/h3-9H,10-11H2,1-2H3,(H,21,25)(H,22,23). The van der Waals surface area contributed by atoms with E-state index >= 15 is 0 Å². The van der Waals surface area contributed by atoms with Crippen LogP contribution in [0.5, 0.6) is 0 Å². The molecule has 136 valence electrons. The Bertz CT molecular complexity index is 836. The van der Waals surface area contributed by atoms with Crippen molar-refractivity contribution < 1.29 is 19.1 Å². The van der Waals surface area contributed by atoms with Crippen LogP contribution in [0.4, 0.5) is 5.69 Å². The minimum Gasteiger partial charge on any atom is -0.454 e. The molecular weight excluding hydrogens is 356 g/mol. The van der Waals surface area contributed by atoms with Crippen molar-refractivity contribution >= 4 is 35.1 Å². The number of anilines is 1. The lowest BCUT2D eigenvalue weighted by atomic mass is 10.1. The van der Waals surface area contributed by atoms with Crippen molar-refractivity contribution in [1.82, 2.24) is 5.32 Å². The van der Waals surface area contributed by atoms with Gasteiger partial charge in [0, 0.05) is 16.3 Å². The van der Waals surface area contributed by atoms with Crippen LogP contribution >= 0.6 is 11.6 Å². The molecule has 0 aliphatic carbocycles. The topological polar surface area (TPSA) is 84.5 Å². The highest BCUT2D eigenvalue weighted by atomic mass is 35.5. The van der Waals surface area contributed by atoms with Gasteiger partial charge >= 0.3 is 5.97 Å². The van der Waals surface area contributed by atoms with Crippen LogP contribution in [-0.2, 0) is 14.3 Å². The Morgan fingerprint density at radius 2 is 1.85 bits per heavy atom. The third kappa shape index (κ3) is 5.89. The predicted octanol–water partition coefficient (Wildman–Crippen LogP) is 2.87. The van der Waals surface area contributed by atoms with Gasteiger partial charge in [-0.15, -0.1) is 0 Å². The van der Waals surface area contributed by atoms with E-state index in [0.29, 0.717) is 16.3 Å². The van der Waals surface area contributed by atoms with Gasteiger partial charge in [0.1, 0.15) is 6.54 Å². The summed E-state index contributed by atoms with van der Waals surface area (Å²) >= 11 is 5.98. The zero-order valence-electron chi connectivity index (χ0n) is 14.5. The lowest BCUT2D eigenvalue weighted by Crippen LogP contribution is -2.32. The number of hydrogen-bond acceptors (Lipinski definition) is 4. The zero-order valence-corrected chi connectivity index (χ0v) is 15.2. The van der Waals surface area contributed by atoms with E-state index < -0.39 is 18.5 Å². The second-order valence-electron chi connectivity index (χ2n) is 5.72. The van der Waals surface area contributed by atoms with Crippen molar-refractivity contribution in [3.8, 4) is 0 Å². The number of aryl methyl sites for hydroxylation is 2. The van der Waals surface area contributed by atoms with Crippen molar-refractivity contribution in [2.75, 3.05) is 18.5 Å². The van der Waals surface area contributed by atoms with Crippen LogP contribution in [0.3, 0.4) is 0 Å². The van der Waals surface area contributed by atoms with Crippen molar-refractivity contribution in [3.05, 3.63) is 64.2 Å². The third-order valence-electron chi connectivity index (χ3n) is 3.49. The molecule has 0 aliphatic heterocycles. The summed E-state index contributed by atoms with van der Waals surface area (Å²) in [4.78, 5) is 35.4. The van der Waals surface area contributed by atoms with E-state index in [0.717, 1.165) is 11.1 Å². The SMILES string of the molecule is Cc1cccc(C(=O)NCC(=O)OCC(=O)Nc2ccc(C)c(Cl)c2)c1. The monoisotopic (exact) mass is 374 g/mol. The number of halogens is 1. The number of benzene rings is 2. The molecule has 2 N–H and O–H groups in total. The molecule has 0 spiro atoms. The van der Waals surface area contributed by atoms with Crippen LogP contribution < -0.4 is 10.6 Å². The van der Waals surface area contributed by atoms with Gasteiger partial charge in [-0.3, -0.25) is 14.4 Å². The van der Waals surface area contributed by atoms with Gasteiger partial charge in [-0.25, -0.2) is 0 Å². The van der Waals surface area contributed by atoms with Crippen LogP contribution in [0.25, 0.3) is 0 Å². The molecule has 0 atom stereocenters. The van der Waals surface area contributed by atoms with E-state index in [1.807, 2.05) is 19.9 Å². The van der Waals surface area contributed by atoms with E-state index in [4.69, 9.17) is 16.3 Å². The first-order valence-corrected chi connectivity index (χ1v) is 8.29. The molecular formula is C19H19ClN2O4. The fourth-order valence-corrected chi connectivity index (χ4v) is 2.29. The fraction of sp³-hybridized carbons (Fsp3) is 0.211. The van der Waals surface area contributed by atoms with Gasteiger partial charge in [0.2, 0.25) is 0 Å². The van der Waals surface area contributed by atoms with E-state index in [-0.39, 0.29) is 12.5 Å². The molecule has 0 saturated heterocycles. The molecule has 26 heavy (non-hydrogen) atoms. The molecule has 0 heterocycles. The van der Waals surface area contributed by atoms with E-state index in [2.05, 4.69) is 10.6 Å². The minimum absolute atomic E-state index is 0.323. The number of amides is 2. The van der Waals surface area contributed by atoms with Crippen molar-refractivity contribution in [3.63, 3.8) is 0 Å². The largest absolute Gasteiger partial charge is 0.454 e. The van der Waals surface area contributed by atoms with Crippen LogP contribution in [0, 0.1) is 13.8 Å². The number of carbonyl (C=O) groups excluding carboxylic acids is 3. The first-order chi connectivity index (χ1) is 12.3. The summed E-state index contributed by atoms with van der Waals surface area (Å²) in [6.45, 7) is 2.94. The molecule has 2 aromatic rings. The molecule has 0 radical (unpaired) electrons. The van der Waals surface area contributed by atoms with Crippen LogP contribution in [-0.4, -0.2) is 30.9 Å². The molecule has 0 aliphatic rings. The van der Waals surface area contributed by atoms with E-state index in [1.54, 1.807) is 36.4 Å². The Kier molecular flexibility index (Phi) is 6.74. The van der Waals surface area contributed by atoms with Gasteiger partial charge in [0.25, 0.3) is 11.8 Å². The number of hydrogen-bond donors (Lipinski definition) is 2. The average molecular weight is 375 g/mol. The maximum atomic E-state index is 11.9. The highest BCUT2D eigenvalue weighted by molar-refractivity contribution is 6.31. The average Bonchev–Trinajstić information content (AvgIpc) is 2.61. The molecule has 6 nitrogen and oxygen atoms in total. The van der Waals surface area contributed by atoms with Crippen LogP contribution in [0.2, 0.25) is 5.02 Å². The van der Waals surface area contributed by atoms with E-state index in [1.165, 1.54) is 0 Å². The lowest BCUT2D eigenvalue weighted by molar-refractivity contribution is -0.146. The Hall–Kier alpha value is -2.86. The summed E-state index contributed by atoms with van der Waals surface area (Å²) in [6, 6.07) is 12.1. The predicted molar refractivity (Wildman–Crippen MR) is 99.3 cm³/mol. The maximum absolute atomic E-state index is 11.9. The number of rotatable bonds is 6. The second kappa shape index (κ2) is 9.01. The molecule has 7 heteroatoms. The van der Waals surface area contributed by atoms with Crippen molar-refractivity contribution in [1.29, 1.82) is 0 Å². The van der Waals surface area contributed by atoms with Crippen molar-refractivity contribution in [2.45, 2.75) is 13.8 Å². The van der Waals surface area contributed by atoms with Gasteiger partial charge in [-0.1, -0.05) is 35.4 Å². The second-order valence-corrected chi connectivity index (χ2v) is 6.13. The Labute approximate surface area is 156 Å². The number of nitrogens with one attached hydrogen (secondary N) is 2. The number of ether oxygens (including phenoxy) is 1. The first kappa shape index (κ1) is 19.5. The fourth-order valence-electron chi connectivity index (χ4n) is 2.11. The van der Waals surface area contributed by atoms with Crippen LogP contribution in [0.15, 0.2) is 42.5 Å². The molecule has 2 rings (SSSR count). The maximum Gasteiger partial charge on any atom is 0.325 e. The minimum atomic E-state index is -0.705. The molecule has 2 amide bonds. The molecule has 0 aromatic heterocycles.